The molecular weight excluding hydrogens is 232 g/mol. The largest absolute Gasteiger partial charge is 0.366 e. The van der Waals surface area contributed by atoms with E-state index in [1.807, 2.05) is 18.2 Å². The first-order valence-electron chi connectivity index (χ1n) is 5.47. The quantitative estimate of drug-likeness (QED) is 0.895. The molecule has 0 fully saturated rings. The van der Waals surface area contributed by atoms with Crippen molar-refractivity contribution in [3.63, 3.8) is 0 Å². The Morgan fingerprint density at radius 1 is 1.12 bits per heavy atom. The lowest BCUT2D eigenvalue weighted by Gasteiger charge is -2.08. The summed E-state index contributed by atoms with van der Waals surface area (Å²) in [7, 11) is 0. The Labute approximate surface area is 109 Å². The SMILES string of the molecule is Cc1ccc(CNc2ccccn2)c(C)c1.Cl. The average Bonchev–Trinajstić information content (AvgIpc) is 2.29. The highest BCUT2D eigenvalue weighted by atomic mass is 35.5. The molecule has 0 amide bonds. The van der Waals surface area contributed by atoms with Crippen LogP contribution in [-0.2, 0) is 6.54 Å². The van der Waals surface area contributed by atoms with E-state index in [2.05, 4.69) is 42.3 Å². The molecule has 90 valence electrons. The fourth-order valence-electron chi connectivity index (χ4n) is 1.70. The predicted octanol–water partition coefficient (Wildman–Crippen LogP) is 3.73. The number of anilines is 1. The van der Waals surface area contributed by atoms with E-state index in [1.165, 1.54) is 16.7 Å². The van der Waals surface area contributed by atoms with E-state index in [0.717, 1.165) is 12.4 Å². The number of hydrogen-bond donors (Lipinski definition) is 1. The van der Waals surface area contributed by atoms with Gasteiger partial charge in [-0.1, -0.05) is 29.8 Å². The van der Waals surface area contributed by atoms with Gasteiger partial charge in [-0.3, -0.25) is 0 Å². The fraction of sp³-hybridized carbons (Fsp3) is 0.214. The third kappa shape index (κ3) is 3.75. The van der Waals surface area contributed by atoms with Crippen LogP contribution in [0.2, 0.25) is 0 Å². The van der Waals surface area contributed by atoms with E-state index in [9.17, 15) is 0 Å². The summed E-state index contributed by atoms with van der Waals surface area (Å²) in [6.45, 7) is 5.08. The lowest BCUT2D eigenvalue weighted by Crippen LogP contribution is -2.02. The minimum Gasteiger partial charge on any atom is -0.366 e. The van der Waals surface area contributed by atoms with E-state index in [4.69, 9.17) is 0 Å². The monoisotopic (exact) mass is 248 g/mol. The zero-order valence-electron chi connectivity index (χ0n) is 10.1. The zero-order valence-corrected chi connectivity index (χ0v) is 10.9. The van der Waals surface area contributed by atoms with Crippen molar-refractivity contribution >= 4 is 18.2 Å². The van der Waals surface area contributed by atoms with E-state index in [1.54, 1.807) is 6.20 Å². The summed E-state index contributed by atoms with van der Waals surface area (Å²) in [6, 6.07) is 12.4. The number of nitrogens with zero attached hydrogens (tertiary/aromatic N) is 1. The van der Waals surface area contributed by atoms with Gasteiger partial charge < -0.3 is 5.32 Å². The van der Waals surface area contributed by atoms with Crippen LogP contribution in [-0.4, -0.2) is 4.98 Å². The number of rotatable bonds is 3. The normalized spacial score (nSPS) is 9.53. The van der Waals surface area contributed by atoms with Gasteiger partial charge in [-0.15, -0.1) is 12.4 Å². The van der Waals surface area contributed by atoms with E-state index in [0.29, 0.717) is 0 Å². The van der Waals surface area contributed by atoms with Crippen LogP contribution >= 0.6 is 12.4 Å². The molecule has 1 aromatic heterocycles. The van der Waals surface area contributed by atoms with Gasteiger partial charge in [0, 0.05) is 12.7 Å². The molecule has 1 N–H and O–H groups in total. The molecule has 0 saturated carbocycles. The molecule has 0 bridgehead atoms. The van der Waals surface area contributed by atoms with Crippen molar-refractivity contribution in [1.82, 2.24) is 4.98 Å². The maximum absolute atomic E-state index is 4.23. The summed E-state index contributed by atoms with van der Waals surface area (Å²) in [6.07, 6.45) is 1.80. The highest BCUT2D eigenvalue weighted by molar-refractivity contribution is 5.85. The van der Waals surface area contributed by atoms with Gasteiger partial charge in [-0.25, -0.2) is 4.98 Å². The number of aryl methyl sites for hydroxylation is 2. The topological polar surface area (TPSA) is 24.9 Å². The number of aromatic nitrogens is 1. The van der Waals surface area contributed by atoms with Crippen molar-refractivity contribution in [2.24, 2.45) is 0 Å². The van der Waals surface area contributed by atoms with Crippen molar-refractivity contribution in [3.8, 4) is 0 Å². The number of nitrogens with one attached hydrogen (secondary N) is 1. The van der Waals surface area contributed by atoms with Gasteiger partial charge in [0.1, 0.15) is 5.82 Å². The van der Waals surface area contributed by atoms with Crippen LogP contribution in [0.3, 0.4) is 0 Å². The zero-order chi connectivity index (χ0) is 11.4. The highest BCUT2D eigenvalue weighted by Crippen LogP contribution is 2.12. The fourth-order valence-corrected chi connectivity index (χ4v) is 1.70. The van der Waals surface area contributed by atoms with Crippen LogP contribution in [0.1, 0.15) is 16.7 Å². The summed E-state index contributed by atoms with van der Waals surface area (Å²) < 4.78 is 0. The minimum atomic E-state index is 0. The second kappa shape index (κ2) is 6.26. The second-order valence-electron chi connectivity index (χ2n) is 4.00. The molecule has 0 spiro atoms. The summed E-state index contributed by atoms with van der Waals surface area (Å²) in [4.78, 5) is 4.23. The van der Waals surface area contributed by atoms with Crippen LogP contribution in [0.4, 0.5) is 5.82 Å². The van der Waals surface area contributed by atoms with Crippen molar-refractivity contribution in [2.75, 3.05) is 5.32 Å². The van der Waals surface area contributed by atoms with Crippen LogP contribution < -0.4 is 5.32 Å². The number of pyridine rings is 1. The van der Waals surface area contributed by atoms with E-state index >= 15 is 0 Å². The molecule has 2 aromatic rings. The third-order valence-electron chi connectivity index (χ3n) is 2.62. The van der Waals surface area contributed by atoms with Gasteiger partial charge in [0.15, 0.2) is 0 Å². The number of halogens is 1. The predicted molar refractivity (Wildman–Crippen MR) is 74.7 cm³/mol. The van der Waals surface area contributed by atoms with Crippen molar-refractivity contribution in [3.05, 3.63) is 59.3 Å². The maximum Gasteiger partial charge on any atom is 0.126 e. The molecule has 0 atom stereocenters. The third-order valence-corrected chi connectivity index (χ3v) is 2.62. The highest BCUT2D eigenvalue weighted by Gasteiger charge is 1.98. The van der Waals surface area contributed by atoms with Gasteiger partial charge in [-0.05, 0) is 37.1 Å². The Hall–Kier alpha value is -1.54. The first-order chi connectivity index (χ1) is 7.75. The summed E-state index contributed by atoms with van der Waals surface area (Å²) in [5.74, 6) is 0.919. The molecular formula is C14H17ClN2. The molecule has 0 aliphatic heterocycles. The Balaban J connectivity index is 0.00000144. The van der Waals surface area contributed by atoms with Gasteiger partial charge >= 0.3 is 0 Å². The Bertz CT molecular complexity index is 469. The smallest absolute Gasteiger partial charge is 0.126 e. The first-order valence-corrected chi connectivity index (χ1v) is 5.47. The molecule has 0 radical (unpaired) electrons. The molecule has 2 nitrogen and oxygen atoms in total. The number of benzene rings is 1. The van der Waals surface area contributed by atoms with Gasteiger partial charge in [0.05, 0.1) is 0 Å². The molecule has 0 saturated heterocycles. The molecule has 1 aromatic carbocycles. The van der Waals surface area contributed by atoms with Gasteiger partial charge in [-0.2, -0.15) is 0 Å². The van der Waals surface area contributed by atoms with Gasteiger partial charge in [0.25, 0.3) is 0 Å². The summed E-state index contributed by atoms with van der Waals surface area (Å²) >= 11 is 0. The Morgan fingerprint density at radius 3 is 2.59 bits per heavy atom. The number of hydrogen-bond acceptors (Lipinski definition) is 2. The second-order valence-corrected chi connectivity index (χ2v) is 4.00. The summed E-state index contributed by atoms with van der Waals surface area (Å²) in [5.41, 5.74) is 3.94. The molecule has 1 heterocycles. The molecule has 0 unspecified atom stereocenters. The van der Waals surface area contributed by atoms with Crippen molar-refractivity contribution in [1.29, 1.82) is 0 Å². The van der Waals surface area contributed by atoms with Crippen LogP contribution in [0, 0.1) is 13.8 Å². The molecule has 17 heavy (non-hydrogen) atoms. The van der Waals surface area contributed by atoms with Gasteiger partial charge in [0.2, 0.25) is 0 Å². The molecule has 3 heteroatoms. The molecule has 2 rings (SSSR count). The maximum atomic E-state index is 4.23. The van der Waals surface area contributed by atoms with Crippen LogP contribution in [0.15, 0.2) is 42.6 Å². The average molecular weight is 249 g/mol. The van der Waals surface area contributed by atoms with Crippen molar-refractivity contribution < 1.29 is 0 Å². The minimum absolute atomic E-state index is 0. The molecule has 0 aliphatic carbocycles. The lowest BCUT2D eigenvalue weighted by molar-refractivity contribution is 1.09. The summed E-state index contributed by atoms with van der Waals surface area (Å²) in [5, 5.41) is 3.31. The Morgan fingerprint density at radius 2 is 1.94 bits per heavy atom. The van der Waals surface area contributed by atoms with Crippen LogP contribution in [0.25, 0.3) is 0 Å². The van der Waals surface area contributed by atoms with Crippen LogP contribution in [0.5, 0.6) is 0 Å². The van der Waals surface area contributed by atoms with Crippen molar-refractivity contribution in [2.45, 2.75) is 20.4 Å². The standard InChI is InChI=1S/C14H16N2.ClH/c1-11-6-7-13(12(2)9-11)10-16-14-5-3-4-8-15-14;/h3-9H,10H2,1-2H3,(H,15,16);1H. The lowest BCUT2D eigenvalue weighted by atomic mass is 10.1. The van der Waals surface area contributed by atoms with E-state index in [-0.39, 0.29) is 12.4 Å². The first kappa shape index (κ1) is 13.5. The Kier molecular flexibility index (Phi) is 4.98. The van der Waals surface area contributed by atoms with E-state index < -0.39 is 0 Å². The molecule has 0 aliphatic rings.